The minimum Gasteiger partial charge on any atom is -0.378 e. The van der Waals surface area contributed by atoms with E-state index in [1.165, 1.54) is 6.07 Å². The molecule has 1 spiro atoms. The molecule has 4 heteroatoms. The topological polar surface area (TPSA) is 21.7 Å². The van der Waals surface area contributed by atoms with Crippen LogP contribution >= 0.6 is 0 Å². The molecule has 0 amide bonds. The maximum atomic E-state index is 13.6. The third kappa shape index (κ3) is 2.87. The van der Waals surface area contributed by atoms with Crippen molar-refractivity contribution >= 4 is 0 Å². The van der Waals surface area contributed by atoms with Gasteiger partial charge in [-0.3, -0.25) is 4.90 Å². The van der Waals surface area contributed by atoms with Crippen LogP contribution in [-0.2, 0) is 16.0 Å². The van der Waals surface area contributed by atoms with Crippen molar-refractivity contribution in [3.05, 3.63) is 35.6 Å². The summed E-state index contributed by atoms with van der Waals surface area (Å²) < 4.78 is 25.3. The molecule has 2 fully saturated rings. The lowest BCUT2D eigenvalue weighted by Gasteiger charge is -2.53. The Morgan fingerprint density at radius 2 is 2.20 bits per heavy atom. The minimum absolute atomic E-state index is 0.0522. The lowest BCUT2D eigenvalue weighted by Crippen LogP contribution is -2.65. The van der Waals surface area contributed by atoms with Gasteiger partial charge >= 0.3 is 0 Å². The Morgan fingerprint density at radius 1 is 1.40 bits per heavy atom. The van der Waals surface area contributed by atoms with Crippen molar-refractivity contribution < 1.29 is 13.9 Å². The summed E-state index contributed by atoms with van der Waals surface area (Å²) >= 11 is 0. The van der Waals surface area contributed by atoms with Gasteiger partial charge in [-0.1, -0.05) is 18.2 Å². The Bertz CT molecular complexity index is 458. The molecule has 1 atom stereocenters. The van der Waals surface area contributed by atoms with Crippen LogP contribution in [0.3, 0.4) is 0 Å². The molecule has 0 bridgehead atoms. The van der Waals surface area contributed by atoms with Crippen LogP contribution in [0.1, 0.15) is 25.3 Å². The van der Waals surface area contributed by atoms with E-state index in [0.29, 0.717) is 12.6 Å². The van der Waals surface area contributed by atoms with Crippen LogP contribution < -0.4 is 0 Å². The van der Waals surface area contributed by atoms with E-state index in [-0.39, 0.29) is 11.4 Å². The van der Waals surface area contributed by atoms with Gasteiger partial charge in [0.2, 0.25) is 0 Å². The average Bonchev–Trinajstić information content (AvgIpc) is 2.40. The summed E-state index contributed by atoms with van der Waals surface area (Å²) in [4.78, 5) is 2.24. The summed E-state index contributed by atoms with van der Waals surface area (Å²) in [5.41, 5.74) is 0.711. The summed E-state index contributed by atoms with van der Waals surface area (Å²) in [6, 6.07) is 6.99. The maximum absolute atomic E-state index is 13.6. The van der Waals surface area contributed by atoms with E-state index in [0.717, 1.165) is 44.7 Å². The molecular weight excluding hydrogens is 257 g/mol. The van der Waals surface area contributed by atoms with Crippen molar-refractivity contribution in [2.45, 2.75) is 38.0 Å². The monoisotopic (exact) mass is 279 g/mol. The van der Waals surface area contributed by atoms with Crippen LogP contribution in [-0.4, -0.2) is 42.9 Å². The Labute approximate surface area is 119 Å². The van der Waals surface area contributed by atoms with Gasteiger partial charge in [-0.15, -0.1) is 0 Å². The maximum Gasteiger partial charge on any atom is 0.127 e. The van der Waals surface area contributed by atoms with E-state index in [9.17, 15) is 4.39 Å². The summed E-state index contributed by atoms with van der Waals surface area (Å²) in [5, 5.41) is 0. The second-order valence-corrected chi connectivity index (χ2v) is 5.84. The number of hydrogen-bond acceptors (Lipinski definition) is 3. The molecule has 0 aliphatic carbocycles. The highest BCUT2D eigenvalue weighted by molar-refractivity contribution is 5.18. The molecule has 2 aliphatic rings. The van der Waals surface area contributed by atoms with E-state index >= 15 is 0 Å². The Hall–Kier alpha value is -0.970. The van der Waals surface area contributed by atoms with Gasteiger partial charge in [-0.05, 0) is 19.4 Å². The van der Waals surface area contributed by atoms with Crippen molar-refractivity contribution in [1.29, 1.82) is 0 Å². The van der Waals surface area contributed by atoms with Crippen LogP contribution in [0.2, 0.25) is 0 Å². The van der Waals surface area contributed by atoms with Gasteiger partial charge in [-0.2, -0.15) is 0 Å². The Morgan fingerprint density at radius 3 is 2.95 bits per heavy atom. The molecule has 1 aromatic rings. The fourth-order valence-corrected chi connectivity index (χ4v) is 3.33. The lowest BCUT2D eigenvalue weighted by molar-refractivity contribution is -0.198. The van der Waals surface area contributed by atoms with E-state index in [1.54, 1.807) is 6.07 Å². The molecule has 2 heterocycles. The van der Waals surface area contributed by atoms with Gasteiger partial charge in [0.1, 0.15) is 5.82 Å². The second kappa shape index (κ2) is 5.80. The molecule has 20 heavy (non-hydrogen) atoms. The predicted octanol–water partition coefficient (Wildman–Crippen LogP) is 2.60. The van der Waals surface area contributed by atoms with Gasteiger partial charge in [0.15, 0.2) is 0 Å². The smallest absolute Gasteiger partial charge is 0.127 e. The number of likely N-dealkylation sites (tertiary alicyclic amines) is 1. The Kier molecular flexibility index (Phi) is 4.06. The normalized spacial score (nSPS) is 25.6. The van der Waals surface area contributed by atoms with Crippen LogP contribution in [0.4, 0.5) is 4.39 Å². The number of halogens is 1. The van der Waals surface area contributed by atoms with Gasteiger partial charge < -0.3 is 9.47 Å². The summed E-state index contributed by atoms with van der Waals surface area (Å²) in [6.45, 7) is 6.00. The van der Waals surface area contributed by atoms with Crippen LogP contribution in [0.25, 0.3) is 0 Å². The number of benzene rings is 1. The fourth-order valence-electron chi connectivity index (χ4n) is 3.33. The van der Waals surface area contributed by atoms with Crippen LogP contribution in [0.5, 0.6) is 0 Å². The number of nitrogens with zero attached hydrogens (tertiary/aromatic N) is 1. The largest absolute Gasteiger partial charge is 0.378 e. The van der Waals surface area contributed by atoms with E-state index in [2.05, 4.69) is 4.90 Å². The molecule has 1 aromatic carbocycles. The van der Waals surface area contributed by atoms with Crippen molar-refractivity contribution in [3.8, 4) is 0 Å². The molecule has 3 rings (SSSR count). The number of hydrogen-bond donors (Lipinski definition) is 0. The van der Waals surface area contributed by atoms with Gasteiger partial charge in [-0.25, -0.2) is 4.39 Å². The third-order valence-corrected chi connectivity index (χ3v) is 4.23. The molecule has 0 radical (unpaired) electrons. The first-order valence-corrected chi connectivity index (χ1v) is 7.42. The molecule has 0 saturated carbocycles. The zero-order valence-corrected chi connectivity index (χ0v) is 12.0. The van der Waals surface area contributed by atoms with E-state index < -0.39 is 0 Å². The summed E-state index contributed by atoms with van der Waals surface area (Å²) in [7, 11) is 0. The summed E-state index contributed by atoms with van der Waals surface area (Å²) in [6.07, 6.45) is 2.28. The van der Waals surface area contributed by atoms with E-state index in [1.807, 2.05) is 19.1 Å². The van der Waals surface area contributed by atoms with Gasteiger partial charge in [0, 0.05) is 44.8 Å². The molecule has 2 saturated heterocycles. The highest BCUT2D eigenvalue weighted by Crippen LogP contribution is 2.36. The zero-order valence-electron chi connectivity index (χ0n) is 12.0. The molecule has 0 N–H and O–H groups in total. The number of ether oxygens (including phenoxy) is 2. The SMILES string of the molecule is CCO[C@H]1CCOC2(C1)CN(Cc1ccccc1F)C2. The van der Waals surface area contributed by atoms with Gasteiger partial charge in [0.05, 0.1) is 11.7 Å². The zero-order chi connectivity index (χ0) is 14.0. The second-order valence-electron chi connectivity index (χ2n) is 5.84. The average molecular weight is 279 g/mol. The quantitative estimate of drug-likeness (QED) is 0.845. The Balaban J connectivity index is 1.54. The van der Waals surface area contributed by atoms with E-state index in [4.69, 9.17) is 9.47 Å². The first-order valence-electron chi connectivity index (χ1n) is 7.42. The molecule has 3 nitrogen and oxygen atoms in total. The minimum atomic E-state index is -0.120. The number of rotatable bonds is 4. The van der Waals surface area contributed by atoms with Crippen LogP contribution in [0, 0.1) is 5.82 Å². The molecule has 2 aliphatic heterocycles. The molecule has 0 unspecified atom stereocenters. The van der Waals surface area contributed by atoms with Crippen LogP contribution in [0.15, 0.2) is 24.3 Å². The van der Waals surface area contributed by atoms with Crippen molar-refractivity contribution in [1.82, 2.24) is 4.90 Å². The summed E-state index contributed by atoms with van der Waals surface area (Å²) in [5.74, 6) is -0.120. The van der Waals surface area contributed by atoms with Crippen molar-refractivity contribution in [2.75, 3.05) is 26.3 Å². The molecule has 0 aromatic heterocycles. The predicted molar refractivity (Wildman–Crippen MR) is 75.0 cm³/mol. The molecule has 110 valence electrons. The lowest BCUT2D eigenvalue weighted by atomic mass is 9.84. The fraction of sp³-hybridized carbons (Fsp3) is 0.625. The van der Waals surface area contributed by atoms with Crippen molar-refractivity contribution in [2.24, 2.45) is 0 Å². The highest BCUT2D eigenvalue weighted by atomic mass is 19.1. The molecular formula is C16H22FNO2. The first kappa shape index (κ1) is 14.0. The standard InChI is InChI=1S/C16H22FNO2/c1-2-19-14-7-8-20-16(9-14)11-18(12-16)10-13-5-3-4-6-15(13)17/h3-6,14H,2,7-12H2,1H3/t14-/m0/s1. The van der Waals surface area contributed by atoms with Crippen molar-refractivity contribution in [3.63, 3.8) is 0 Å². The first-order chi connectivity index (χ1) is 9.71. The third-order valence-electron chi connectivity index (χ3n) is 4.23. The van der Waals surface area contributed by atoms with Gasteiger partial charge in [0.25, 0.3) is 0 Å². The highest BCUT2D eigenvalue weighted by Gasteiger charge is 2.47.